The van der Waals surface area contributed by atoms with Crippen molar-refractivity contribution >= 4 is 22.2 Å². The zero-order valence-electron chi connectivity index (χ0n) is 26.1. The average molecular weight is 603 g/mol. The first-order valence-corrected chi connectivity index (χ1v) is 16.1. The molecule has 0 aliphatic heterocycles. The molecule has 1 aliphatic rings. The van der Waals surface area contributed by atoms with Gasteiger partial charge >= 0.3 is 0 Å². The smallest absolute Gasteiger partial charge is 0.0713 e. The third kappa shape index (κ3) is 5.05. The summed E-state index contributed by atoms with van der Waals surface area (Å²) in [6, 6.07) is 58.5. The van der Waals surface area contributed by atoms with Gasteiger partial charge in [0.15, 0.2) is 0 Å². The van der Waals surface area contributed by atoms with E-state index < -0.39 is 5.41 Å². The molecule has 2 N–H and O–H groups in total. The Kier molecular flexibility index (Phi) is 7.32. The lowest BCUT2D eigenvalue weighted by molar-refractivity contribution is 0.768. The molecule has 1 heterocycles. The largest absolute Gasteiger partial charge is 0.398 e. The summed E-state index contributed by atoms with van der Waals surface area (Å²) in [4.78, 5) is 4.57. The van der Waals surface area contributed by atoms with E-state index in [9.17, 15) is 0 Å². The molecule has 47 heavy (non-hydrogen) atoms. The third-order valence-corrected chi connectivity index (χ3v) is 9.46. The van der Waals surface area contributed by atoms with Crippen LogP contribution in [0.15, 0.2) is 182 Å². The predicted octanol–water partition coefficient (Wildman–Crippen LogP) is 10.2. The highest BCUT2D eigenvalue weighted by Crippen LogP contribution is 2.55. The van der Waals surface area contributed by atoms with E-state index in [0.29, 0.717) is 0 Å². The van der Waals surface area contributed by atoms with Crippen molar-refractivity contribution in [2.45, 2.75) is 11.8 Å². The summed E-state index contributed by atoms with van der Waals surface area (Å²) in [5, 5.41) is 1.15. The van der Waals surface area contributed by atoms with Crippen molar-refractivity contribution in [3.8, 4) is 11.1 Å². The van der Waals surface area contributed by atoms with Gasteiger partial charge in [0.25, 0.3) is 0 Å². The monoisotopic (exact) mass is 602 g/mol. The Morgan fingerprint density at radius 1 is 0.574 bits per heavy atom. The summed E-state index contributed by atoms with van der Waals surface area (Å²) in [6.07, 6.45) is 7.00. The van der Waals surface area contributed by atoms with Crippen LogP contribution in [0.2, 0.25) is 0 Å². The fourth-order valence-corrected chi connectivity index (χ4v) is 7.23. The molecule has 1 aliphatic carbocycles. The van der Waals surface area contributed by atoms with Gasteiger partial charge in [0.1, 0.15) is 0 Å². The van der Waals surface area contributed by atoms with E-state index in [-0.39, 0.29) is 0 Å². The molecule has 0 atom stereocenters. The molecule has 8 rings (SSSR count). The summed E-state index contributed by atoms with van der Waals surface area (Å²) < 4.78 is 0. The van der Waals surface area contributed by atoms with Crippen LogP contribution in [0.5, 0.6) is 0 Å². The van der Waals surface area contributed by atoms with E-state index in [0.717, 1.165) is 39.7 Å². The third-order valence-electron chi connectivity index (χ3n) is 9.46. The Bertz CT molecular complexity index is 2220. The number of nitrogens with two attached hydrogens (primary N) is 1. The molecule has 6 aromatic carbocycles. The number of hydrogen-bond donors (Lipinski definition) is 1. The Morgan fingerprint density at radius 3 is 1.89 bits per heavy atom. The number of fused-ring (bicyclic) bond motifs is 4. The van der Waals surface area contributed by atoms with Crippen LogP contribution in [0.1, 0.15) is 38.9 Å². The fourth-order valence-electron chi connectivity index (χ4n) is 7.23. The first-order chi connectivity index (χ1) is 23.2. The van der Waals surface area contributed by atoms with Gasteiger partial charge in [-0.05, 0) is 80.3 Å². The Morgan fingerprint density at radius 2 is 1.19 bits per heavy atom. The zero-order valence-corrected chi connectivity index (χ0v) is 26.1. The molecule has 0 saturated heterocycles. The van der Waals surface area contributed by atoms with Crippen molar-refractivity contribution < 1.29 is 0 Å². The number of allylic oxidation sites excluding steroid dienone is 3. The molecule has 0 fully saturated rings. The molecule has 0 radical (unpaired) electrons. The minimum atomic E-state index is -0.423. The van der Waals surface area contributed by atoms with E-state index in [2.05, 4.69) is 157 Å². The molecule has 0 bridgehead atoms. The molecule has 0 unspecified atom stereocenters. The van der Waals surface area contributed by atoms with Crippen LogP contribution < -0.4 is 5.73 Å². The number of pyridine rings is 1. The van der Waals surface area contributed by atoms with E-state index in [1.807, 2.05) is 30.5 Å². The maximum absolute atomic E-state index is 6.72. The maximum Gasteiger partial charge on any atom is 0.0713 e. The van der Waals surface area contributed by atoms with Crippen LogP contribution >= 0.6 is 0 Å². The lowest BCUT2D eigenvalue weighted by Gasteiger charge is -2.34. The number of benzene rings is 6. The number of aromatic nitrogens is 1. The molecule has 2 heteroatoms. The molecule has 0 spiro atoms. The van der Waals surface area contributed by atoms with Gasteiger partial charge in [-0.3, -0.25) is 4.98 Å². The van der Waals surface area contributed by atoms with E-state index >= 15 is 0 Å². The van der Waals surface area contributed by atoms with E-state index in [1.165, 1.54) is 38.9 Å². The first kappa shape index (κ1) is 28.5. The number of rotatable bonds is 7. The van der Waals surface area contributed by atoms with Crippen molar-refractivity contribution in [3.05, 3.63) is 221 Å². The molecule has 0 amide bonds. The van der Waals surface area contributed by atoms with Gasteiger partial charge in [-0.15, -0.1) is 0 Å². The average Bonchev–Trinajstić information content (AvgIpc) is 3.45. The molecule has 0 saturated carbocycles. The summed E-state index contributed by atoms with van der Waals surface area (Å²) in [5.74, 6) is 0. The molecular formula is C45H34N2. The van der Waals surface area contributed by atoms with Crippen molar-refractivity contribution in [1.29, 1.82) is 0 Å². The quantitative estimate of drug-likeness (QED) is 0.184. The lowest BCUT2D eigenvalue weighted by atomic mass is 9.67. The van der Waals surface area contributed by atoms with Crippen molar-refractivity contribution in [2.75, 3.05) is 0 Å². The van der Waals surface area contributed by atoms with Crippen molar-refractivity contribution in [2.24, 2.45) is 5.73 Å². The van der Waals surface area contributed by atoms with Gasteiger partial charge in [0.2, 0.25) is 0 Å². The van der Waals surface area contributed by atoms with Gasteiger partial charge in [-0.2, -0.15) is 0 Å². The van der Waals surface area contributed by atoms with Gasteiger partial charge in [-0.25, -0.2) is 0 Å². The zero-order chi connectivity index (χ0) is 31.6. The van der Waals surface area contributed by atoms with Crippen LogP contribution in [0.25, 0.3) is 33.3 Å². The molecular weight excluding hydrogens is 569 g/mol. The van der Waals surface area contributed by atoms with E-state index in [4.69, 9.17) is 5.73 Å². The standard InChI is InChI=1S/C45H34N2/c46-43(34-12-3-1-4-13-34)31-36(24-22-32-21-23-35-14-11-29-47-44(35)30-32)33-25-27-38(28-26-33)45(37-15-5-2-6-16-37)41-19-9-7-17-39(41)40-18-8-10-20-42(40)45/h1-21,23-31H,22,46H2/b36-24+,43-31-. The molecule has 1 aromatic heterocycles. The Balaban J connectivity index is 1.25. The second kappa shape index (κ2) is 12.1. The van der Waals surface area contributed by atoms with Crippen LogP contribution in [0.4, 0.5) is 0 Å². The van der Waals surface area contributed by atoms with Crippen molar-refractivity contribution in [1.82, 2.24) is 4.98 Å². The Hall–Kier alpha value is -5.99. The minimum absolute atomic E-state index is 0.423. The lowest BCUT2D eigenvalue weighted by Crippen LogP contribution is -2.28. The molecule has 7 aromatic rings. The van der Waals surface area contributed by atoms with Gasteiger partial charge < -0.3 is 5.73 Å². The normalized spacial score (nSPS) is 13.7. The van der Waals surface area contributed by atoms with E-state index in [1.54, 1.807) is 0 Å². The van der Waals surface area contributed by atoms with Gasteiger partial charge in [0.05, 0.1) is 10.9 Å². The predicted molar refractivity (Wildman–Crippen MR) is 196 cm³/mol. The van der Waals surface area contributed by atoms with Crippen LogP contribution in [0, 0.1) is 0 Å². The van der Waals surface area contributed by atoms with Gasteiger partial charge in [-0.1, -0.05) is 158 Å². The highest BCUT2D eigenvalue weighted by molar-refractivity contribution is 5.87. The van der Waals surface area contributed by atoms with Crippen molar-refractivity contribution in [3.63, 3.8) is 0 Å². The van der Waals surface area contributed by atoms with Crippen LogP contribution in [-0.4, -0.2) is 4.98 Å². The second-order valence-electron chi connectivity index (χ2n) is 12.1. The summed E-state index contributed by atoms with van der Waals surface area (Å²) in [5.41, 5.74) is 20.2. The minimum Gasteiger partial charge on any atom is -0.398 e. The highest BCUT2D eigenvalue weighted by atomic mass is 14.6. The highest BCUT2D eigenvalue weighted by Gasteiger charge is 2.45. The van der Waals surface area contributed by atoms with Crippen LogP contribution in [-0.2, 0) is 11.8 Å². The summed E-state index contributed by atoms with van der Waals surface area (Å²) in [6.45, 7) is 0. The summed E-state index contributed by atoms with van der Waals surface area (Å²) >= 11 is 0. The number of hydrogen-bond acceptors (Lipinski definition) is 2. The molecule has 2 nitrogen and oxygen atoms in total. The SMILES string of the molecule is N/C(=C\C(=C/Cc1ccc2cccnc2c1)c1ccc(C2(c3ccccc3)c3ccccc3-c3ccccc32)cc1)c1ccccc1. The fraction of sp³-hybridized carbons (Fsp3) is 0.0444. The molecule has 224 valence electrons. The maximum atomic E-state index is 6.72. The summed E-state index contributed by atoms with van der Waals surface area (Å²) in [7, 11) is 0. The topological polar surface area (TPSA) is 38.9 Å². The second-order valence-corrected chi connectivity index (χ2v) is 12.1. The first-order valence-electron chi connectivity index (χ1n) is 16.1. The number of nitrogens with zero attached hydrogens (tertiary/aromatic N) is 1. The van der Waals surface area contributed by atoms with Crippen LogP contribution in [0.3, 0.4) is 0 Å². The Labute approximate surface area is 276 Å². The van der Waals surface area contributed by atoms with Gasteiger partial charge in [0, 0.05) is 17.3 Å².